The van der Waals surface area contributed by atoms with Gasteiger partial charge in [0.25, 0.3) is 0 Å². The van der Waals surface area contributed by atoms with Gasteiger partial charge in [0.15, 0.2) is 0 Å². The molecule has 0 saturated carbocycles. The Morgan fingerprint density at radius 1 is 1.20 bits per heavy atom. The van der Waals surface area contributed by atoms with Crippen LogP contribution in [-0.2, 0) is 6.54 Å². The molecule has 0 amide bonds. The highest BCUT2D eigenvalue weighted by Gasteiger charge is 2.11. The van der Waals surface area contributed by atoms with Gasteiger partial charge >= 0.3 is 0 Å². The van der Waals surface area contributed by atoms with Crippen molar-refractivity contribution in [1.82, 2.24) is 5.32 Å². The topological polar surface area (TPSA) is 30.5 Å². The van der Waals surface area contributed by atoms with Gasteiger partial charge in [-0.25, -0.2) is 0 Å². The minimum Gasteiger partial charge on any atom is -0.497 e. The zero-order valence-corrected chi connectivity index (χ0v) is 13.6. The fourth-order valence-corrected chi connectivity index (χ4v) is 1.83. The van der Waals surface area contributed by atoms with Crippen molar-refractivity contribution in [3.63, 3.8) is 0 Å². The van der Waals surface area contributed by atoms with Gasteiger partial charge in [0, 0.05) is 12.1 Å². The molecule has 20 heavy (non-hydrogen) atoms. The Bertz CT molecular complexity index is 396. The summed E-state index contributed by atoms with van der Waals surface area (Å²) in [5, 5.41) is 3.41. The highest BCUT2D eigenvalue weighted by molar-refractivity contribution is 5.40. The molecular weight excluding hydrogens is 250 g/mol. The van der Waals surface area contributed by atoms with Crippen LogP contribution >= 0.6 is 0 Å². The van der Waals surface area contributed by atoms with Crippen molar-refractivity contribution in [2.75, 3.05) is 20.3 Å². The number of ether oxygens (including phenoxy) is 2. The van der Waals surface area contributed by atoms with Crippen LogP contribution in [-0.4, -0.2) is 20.3 Å². The number of methoxy groups -OCH3 is 1. The first-order valence-corrected chi connectivity index (χ1v) is 7.46. The summed E-state index contributed by atoms with van der Waals surface area (Å²) in [6.45, 7) is 11.4. The van der Waals surface area contributed by atoms with E-state index in [2.05, 4.69) is 39.1 Å². The lowest BCUT2D eigenvalue weighted by Gasteiger charge is -2.19. The van der Waals surface area contributed by atoms with Gasteiger partial charge in [-0.3, -0.25) is 0 Å². The van der Waals surface area contributed by atoms with Crippen LogP contribution in [0, 0.1) is 5.41 Å². The monoisotopic (exact) mass is 279 g/mol. The Morgan fingerprint density at radius 2 is 1.95 bits per heavy atom. The van der Waals surface area contributed by atoms with Gasteiger partial charge in [0.05, 0.1) is 13.7 Å². The summed E-state index contributed by atoms with van der Waals surface area (Å²) in [5.74, 6) is 1.83. The Labute approximate surface area is 123 Å². The Morgan fingerprint density at radius 3 is 2.55 bits per heavy atom. The van der Waals surface area contributed by atoms with Crippen molar-refractivity contribution in [3.8, 4) is 11.5 Å². The van der Waals surface area contributed by atoms with Crippen LogP contribution in [0.4, 0.5) is 0 Å². The molecule has 0 aliphatic heterocycles. The second-order valence-corrected chi connectivity index (χ2v) is 6.31. The minimum atomic E-state index is 0.299. The van der Waals surface area contributed by atoms with Gasteiger partial charge in [0.2, 0.25) is 0 Å². The fraction of sp³-hybridized carbons (Fsp3) is 0.647. The van der Waals surface area contributed by atoms with E-state index in [1.165, 1.54) is 0 Å². The molecule has 1 aromatic carbocycles. The van der Waals surface area contributed by atoms with E-state index in [1.54, 1.807) is 7.11 Å². The molecule has 3 heteroatoms. The lowest BCUT2D eigenvalue weighted by molar-refractivity contribution is 0.240. The van der Waals surface area contributed by atoms with E-state index in [1.807, 2.05) is 12.1 Å². The first kappa shape index (κ1) is 16.8. The molecule has 0 bridgehead atoms. The van der Waals surface area contributed by atoms with E-state index in [0.29, 0.717) is 5.41 Å². The number of benzene rings is 1. The molecule has 0 radical (unpaired) electrons. The van der Waals surface area contributed by atoms with Crippen molar-refractivity contribution < 1.29 is 9.47 Å². The maximum atomic E-state index is 5.95. The van der Waals surface area contributed by atoms with Crippen LogP contribution in [0.3, 0.4) is 0 Å². The third kappa shape index (κ3) is 6.29. The summed E-state index contributed by atoms with van der Waals surface area (Å²) in [5.41, 5.74) is 1.46. The van der Waals surface area contributed by atoms with Gasteiger partial charge in [-0.15, -0.1) is 0 Å². The molecule has 0 aliphatic rings. The van der Waals surface area contributed by atoms with E-state index in [9.17, 15) is 0 Å². The third-order valence-electron chi connectivity index (χ3n) is 3.12. The zero-order chi connectivity index (χ0) is 15.0. The van der Waals surface area contributed by atoms with E-state index >= 15 is 0 Å². The normalized spacial score (nSPS) is 11.4. The van der Waals surface area contributed by atoms with Crippen molar-refractivity contribution in [2.45, 2.75) is 47.1 Å². The number of hydrogen-bond donors (Lipinski definition) is 1. The molecule has 0 aliphatic carbocycles. The largest absolute Gasteiger partial charge is 0.497 e. The Kier molecular flexibility index (Phi) is 6.86. The first-order chi connectivity index (χ1) is 9.46. The smallest absolute Gasteiger partial charge is 0.124 e. The van der Waals surface area contributed by atoms with Gasteiger partial charge in [-0.05, 0) is 43.0 Å². The second-order valence-electron chi connectivity index (χ2n) is 6.31. The van der Waals surface area contributed by atoms with Crippen LogP contribution in [0.1, 0.15) is 46.1 Å². The Hall–Kier alpha value is -1.22. The highest BCUT2D eigenvalue weighted by Crippen LogP contribution is 2.26. The fourth-order valence-electron chi connectivity index (χ4n) is 1.83. The zero-order valence-electron chi connectivity index (χ0n) is 13.6. The summed E-state index contributed by atoms with van der Waals surface area (Å²) in [7, 11) is 1.69. The molecular formula is C17H29NO2. The maximum Gasteiger partial charge on any atom is 0.124 e. The molecule has 0 fully saturated rings. The average molecular weight is 279 g/mol. The molecule has 1 rings (SSSR count). The number of nitrogens with one attached hydrogen (secondary N) is 1. The van der Waals surface area contributed by atoms with Crippen LogP contribution < -0.4 is 14.8 Å². The van der Waals surface area contributed by atoms with Crippen molar-refractivity contribution in [1.29, 1.82) is 0 Å². The molecule has 0 aromatic heterocycles. The number of rotatable bonds is 8. The minimum absolute atomic E-state index is 0.299. The molecule has 0 spiro atoms. The highest BCUT2D eigenvalue weighted by atomic mass is 16.5. The first-order valence-electron chi connectivity index (χ1n) is 7.46. The quantitative estimate of drug-likeness (QED) is 0.729. The SMILES string of the molecule is CCCNCc1cc(OC)ccc1OCCC(C)(C)C. The predicted molar refractivity (Wildman–Crippen MR) is 84.6 cm³/mol. The van der Waals surface area contributed by atoms with Crippen LogP contribution in [0.25, 0.3) is 0 Å². The molecule has 0 atom stereocenters. The van der Waals surface area contributed by atoms with Crippen molar-refractivity contribution >= 4 is 0 Å². The maximum absolute atomic E-state index is 5.95. The molecule has 1 aromatic rings. The summed E-state index contributed by atoms with van der Waals surface area (Å²) in [6.07, 6.45) is 2.17. The third-order valence-corrected chi connectivity index (χ3v) is 3.12. The van der Waals surface area contributed by atoms with Gasteiger partial charge < -0.3 is 14.8 Å². The molecule has 0 heterocycles. The lowest BCUT2D eigenvalue weighted by atomic mass is 9.93. The van der Waals surface area contributed by atoms with Gasteiger partial charge in [0.1, 0.15) is 11.5 Å². The predicted octanol–water partition coefficient (Wildman–Crippen LogP) is 4.01. The summed E-state index contributed by atoms with van der Waals surface area (Å²) in [6, 6.07) is 6.01. The molecule has 3 nitrogen and oxygen atoms in total. The van der Waals surface area contributed by atoms with Gasteiger partial charge in [-0.1, -0.05) is 27.7 Å². The summed E-state index contributed by atoms with van der Waals surface area (Å²) in [4.78, 5) is 0. The van der Waals surface area contributed by atoms with Crippen molar-refractivity contribution in [3.05, 3.63) is 23.8 Å². The molecule has 114 valence electrons. The van der Waals surface area contributed by atoms with Crippen molar-refractivity contribution in [2.24, 2.45) is 5.41 Å². The van der Waals surface area contributed by atoms with E-state index < -0.39 is 0 Å². The van der Waals surface area contributed by atoms with Crippen LogP contribution in [0.2, 0.25) is 0 Å². The van der Waals surface area contributed by atoms with Gasteiger partial charge in [-0.2, -0.15) is 0 Å². The molecule has 0 unspecified atom stereocenters. The van der Waals surface area contributed by atoms with E-state index in [0.717, 1.165) is 49.6 Å². The summed E-state index contributed by atoms with van der Waals surface area (Å²) >= 11 is 0. The second kappa shape index (κ2) is 8.15. The molecule has 0 saturated heterocycles. The van der Waals surface area contributed by atoms with E-state index in [-0.39, 0.29) is 0 Å². The van der Waals surface area contributed by atoms with Crippen LogP contribution in [0.5, 0.6) is 11.5 Å². The lowest BCUT2D eigenvalue weighted by Crippen LogP contribution is -2.16. The standard InChI is InChI=1S/C17H29NO2/c1-6-10-18-13-14-12-15(19-5)7-8-16(14)20-11-9-17(2,3)4/h7-8,12,18H,6,9-11,13H2,1-5H3. The Balaban J connectivity index is 2.67. The molecule has 1 N–H and O–H groups in total. The average Bonchev–Trinajstić information content (AvgIpc) is 2.39. The number of hydrogen-bond acceptors (Lipinski definition) is 3. The van der Waals surface area contributed by atoms with E-state index in [4.69, 9.17) is 9.47 Å². The summed E-state index contributed by atoms with van der Waals surface area (Å²) < 4.78 is 11.2. The van der Waals surface area contributed by atoms with Crippen LogP contribution in [0.15, 0.2) is 18.2 Å².